The van der Waals surface area contributed by atoms with Crippen molar-refractivity contribution in [2.24, 2.45) is 5.92 Å². The van der Waals surface area contributed by atoms with Gasteiger partial charge in [-0.3, -0.25) is 9.59 Å². The van der Waals surface area contributed by atoms with Crippen molar-refractivity contribution >= 4 is 22.8 Å². The number of alkyl halides is 3. The Labute approximate surface area is 222 Å². The number of benzene rings is 1. The Balaban J connectivity index is 1.42. The van der Waals surface area contributed by atoms with Gasteiger partial charge in [-0.05, 0) is 69.6 Å². The van der Waals surface area contributed by atoms with Gasteiger partial charge in [-0.15, -0.1) is 0 Å². The van der Waals surface area contributed by atoms with E-state index < -0.39 is 24.3 Å². The fraction of sp³-hybridized carbons (Fsp3) is 0.481. The number of carbonyl (C=O) groups is 2. The van der Waals surface area contributed by atoms with Gasteiger partial charge in [0, 0.05) is 23.3 Å². The summed E-state index contributed by atoms with van der Waals surface area (Å²) >= 11 is 0. The molecule has 2 heterocycles. The highest BCUT2D eigenvalue weighted by molar-refractivity contribution is 6.09. The number of H-pyrrole nitrogens is 1. The second kappa shape index (κ2) is 10.8. The van der Waals surface area contributed by atoms with Gasteiger partial charge in [0.1, 0.15) is 29.9 Å². The highest BCUT2D eigenvalue weighted by atomic mass is 19.4. The van der Waals surface area contributed by atoms with Crippen LogP contribution in [0.5, 0.6) is 5.75 Å². The van der Waals surface area contributed by atoms with Crippen molar-refractivity contribution in [1.82, 2.24) is 25.6 Å². The van der Waals surface area contributed by atoms with E-state index in [1.807, 2.05) is 0 Å². The SMILES string of the molecule is Cc1[nH]c2c(-c3cc(C(F)(F)F)ccc3OCC3CC3)ncnc2c1C(=O)NC1CCC(NC(=O)CO)CC1. The molecule has 2 aliphatic rings. The van der Waals surface area contributed by atoms with Gasteiger partial charge in [0.2, 0.25) is 5.91 Å². The van der Waals surface area contributed by atoms with Crippen LogP contribution in [0.1, 0.15) is 60.1 Å². The number of carbonyl (C=O) groups excluding carboxylic acids is 2. The number of aliphatic hydroxyl groups excluding tert-OH is 1. The topological polar surface area (TPSA) is 129 Å². The third kappa shape index (κ3) is 6.00. The maximum Gasteiger partial charge on any atom is 0.416 e. The summed E-state index contributed by atoms with van der Waals surface area (Å²) in [7, 11) is 0. The number of ether oxygens (including phenoxy) is 1. The number of halogens is 3. The average Bonchev–Trinajstić information content (AvgIpc) is 3.67. The molecule has 0 saturated heterocycles. The molecule has 0 radical (unpaired) electrons. The molecule has 4 N–H and O–H groups in total. The third-order valence-corrected chi connectivity index (χ3v) is 7.30. The van der Waals surface area contributed by atoms with E-state index in [0.29, 0.717) is 66.2 Å². The Hall–Kier alpha value is -3.67. The number of fused-ring (bicyclic) bond motifs is 1. The van der Waals surface area contributed by atoms with Gasteiger partial charge in [-0.1, -0.05) is 0 Å². The minimum absolute atomic E-state index is 0.0493. The molecule has 5 rings (SSSR count). The van der Waals surface area contributed by atoms with E-state index in [4.69, 9.17) is 9.84 Å². The van der Waals surface area contributed by atoms with Crippen molar-refractivity contribution in [3.63, 3.8) is 0 Å². The van der Waals surface area contributed by atoms with Crippen molar-refractivity contribution in [3.8, 4) is 17.0 Å². The van der Waals surface area contributed by atoms with Crippen LogP contribution in [0.25, 0.3) is 22.3 Å². The Morgan fingerprint density at radius 3 is 2.41 bits per heavy atom. The number of aryl methyl sites for hydroxylation is 1. The van der Waals surface area contributed by atoms with Crippen molar-refractivity contribution in [2.45, 2.75) is 63.7 Å². The fourth-order valence-corrected chi connectivity index (χ4v) is 5.03. The number of hydrogen-bond donors (Lipinski definition) is 4. The molecular formula is C27H30F3N5O4. The van der Waals surface area contributed by atoms with E-state index in [1.165, 1.54) is 12.4 Å². The van der Waals surface area contributed by atoms with Crippen LogP contribution in [0.15, 0.2) is 24.5 Å². The quantitative estimate of drug-likeness (QED) is 0.340. The second-order valence-corrected chi connectivity index (χ2v) is 10.3. The zero-order valence-corrected chi connectivity index (χ0v) is 21.4. The summed E-state index contributed by atoms with van der Waals surface area (Å²) in [5.41, 5.74) is 1.05. The molecule has 0 unspecified atom stereocenters. The number of nitrogens with one attached hydrogen (secondary N) is 3. The van der Waals surface area contributed by atoms with Crippen molar-refractivity contribution < 1.29 is 32.6 Å². The van der Waals surface area contributed by atoms with E-state index in [9.17, 15) is 22.8 Å². The van der Waals surface area contributed by atoms with Gasteiger partial charge < -0.3 is 25.5 Å². The van der Waals surface area contributed by atoms with Crippen LogP contribution >= 0.6 is 0 Å². The third-order valence-electron chi connectivity index (χ3n) is 7.30. The monoisotopic (exact) mass is 545 g/mol. The molecule has 0 bridgehead atoms. The molecule has 12 heteroatoms. The largest absolute Gasteiger partial charge is 0.493 e. The summed E-state index contributed by atoms with van der Waals surface area (Å²) in [5.74, 6) is -0.0810. The lowest BCUT2D eigenvalue weighted by molar-refractivity contribution is -0.137. The van der Waals surface area contributed by atoms with Crippen LogP contribution in [-0.2, 0) is 11.0 Å². The van der Waals surface area contributed by atoms with Crippen LogP contribution in [0.4, 0.5) is 13.2 Å². The summed E-state index contributed by atoms with van der Waals surface area (Å²) in [4.78, 5) is 36.5. The van der Waals surface area contributed by atoms with E-state index >= 15 is 0 Å². The van der Waals surface area contributed by atoms with Crippen LogP contribution in [0.2, 0.25) is 0 Å². The van der Waals surface area contributed by atoms with E-state index in [2.05, 4.69) is 25.6 Å². The first kappa shape index (κ1) is 26.9. The summed E-state index contributed by atoms with van der Waals surface area (Å²) in [6.45, 7) is 1.56. The van der Waals surface area contributed by atoms with Crippen LogP contribution in [-0.4, -0.2) is 57.2 Å². The summed E-state index contributed by atoms with van der Waals surface area (Å²) in [6, 6.07) is 3.17. The molecule has 2 aliphatic carbocycles. The van der Waals surface area contributed by atoms with Gasteiger partial charge in [0.05, 0.1) is 23.3 Å². The molecule has 3 aromatic rings. The van der Waals surface area contributed by atoms with Crippen LogP contribution < -0.4 is 15.4 Å². The average molecular weight is 546 g/mol. The lowest BCUT2D eigenvalue weighted by atomic mass is 9.91. The number of nitrogens with zero attached hydrogens (tertiary/aromatic N) is 2. The van der Waals surface area contributed by atoms with Crippen molar-refractivity contribution in [1.29, 1.82) is 0 Å². The van der Waals surface area contributed by atoms with Crippen LogP contribution in [0.3, 0.4) is 0 Å². The Morgan fingerprint density at radius 1 is 1.08 bits per heavy atom. The first-order valence-electron chi connectivity index (χ1n) is 13.0. The molecule has 9 nitrogen and oxygen atoms in total. The Morgan fingerprint density at radius 2 is 1.77 bits per heavy atom. The Kier molecular flexibility index (Phi) is 7.48. The standard InChI is InChI=1S/C27H30F3N5O4/c1-14-22(26(38)35-18-7-5-17(6-8-18)34-21(37)11-36)24-25(33-14)23(31-13-32-24)19-10-16(27(28,29)30)4-9-20(19)39-12-15-2-3-15/h4,9-10,13,15,17-18,33,36H,2-3,5-8,11-12H2,1H3,(H,34,37)(H,35,38). The summed E-state index contributed by atoms with van der Waals surface area (Å²) < 4.78 is 46.7. The number of amides is 2. The highest BCUT2D eigenvalue weighted by Crippen LogP contribution is 2.40. The first-order chi connectivity index (χ1) is 18.6. The molecule has 208 valence electrons. The zero-order chi connectivity index (χ0) is 27.7. The van der Waals surface area contributed by atoms with E-state index in [-0.39, 0.29) is 29.2 Å². The molecule has 2 saturated carbocycles. The van der Waals surface area contributed by atoms with E-state index in [0.717, 1.165) is 25.0 Å². The van der Waals surface area contributed by atoms with Crippen molar-refractivity contribution in [2.75, 3.05) is 13.2 Å². The number of rotatable bonds is 8. The number of hydrogen-bond acceptors (Lipinski definition) is 6. The van der Waals surface area contributed by atoms with Gasteiger partial charge in [0.15, 0.2) is 0 Å². The molecule has 0 atom stereocenters. The maximum atomic E-state index is 13.6. The molecule has 2 fully saturated rings. The number of aliphatic hydroxyl groups is 1. The smallest absolute Gasteiger partial charge is 0.416 e. The highest BCUT2D eigenvalue weighted by Gasteiger charge is 2.33. The van der Waals surface area contributed by atoms with Gasteiger partial charge in [-0.25, -0.2) is 9.97 Å². The van der Waals surface area contributed by atoms with Gasteiger partial charge in [0.25, 0.3) is 5.91 Å². The first-order valence-corrected chi connectivity index (χ1v) is 13.0. The zero-order valence-electron chi connectivity index (χ0n) is 21.4. The van der Waals surface area contributed by atoms with Crippen LogP contribution in [0, 0.1) is 12.8 Å². The Bertz CT molecular complexity index is 1380. The van der Waals surface area contributed by atoms with E-state index in [1.54, 1.807) is 6.92 Å². The molecule has 39 heavy (non-hydrogen) atoms. The summed E-state index contributed by atoms with van der Waals surface area (Å²) in [6.07, 6.45) is 1.37. The summed E-state index contributed by atoms with van der Waals surface area (Å²) in [5, 5.41) is 14.7. The fourth-order valence-electron chi connectivity index (χ4n) is 5.03. The van der Waals surface area contributed by atoms with Gasteiger partial charge >= 0.3 is 6.18 Å². The lowest BCUT2D eigenvalue weighted by Crippen LogP contribution is -2.44. The molecule has 1 aromatic carbocycles. The second-order valence-electron chi connectivity index (χ2n) is 10.3. The minimum atomic E-state index is -4.55. The minimum Gasteiger partial charge on any atom is -0.493 e. The molecule has 0 spiro atoms. The molecule has 2 aromatic heterocycles. The molecule has 2 amide bonds. The lowest BCUT2D eigenvalue weighted by Gasteiger charge is -2.29. The number of aromatic nitrogens is 3. The number of aromatic amines is 1. The maximum absolute atomic E-state index is 13.6. The van der Waals surface area contributed by atoms with Crippen molar-refractivity contribution in [3.05, 3.63) is 41.3 Å². The predicted molar refractivity (Wildman–Crippen MR) is 136 cm³/mol. The van der Waals surface area contributed by atoms with Gasteiger partial charge in [-0.2, -0.15) is 13.2 Å². The molecular weight excluding hydrogens is 515 g/mol. The molecule has 0 aliphatic heterocycles. The normalized spacial score (nSPS) is 19.6. The predicted octanol–water partition coefficient (Wildman–Crippen LogP) is 3.89.